The Morgan fingerprint density at radius 1 is 1.75 bits per heavy atom. The molecule has 0 fully saturated rings. The zero-order chi connectivity index (χ0) is 9.78. The lowest BCUT2D eigenvalue weighted by molar-refractivity contribution is -0.185. The molecule has 0 aromatic rings. The second kappa shape index (κ2) is 4.23. The number of carbonyl (C=O) groups is 1. The lowest BCUT2D eigenvalue weighted by Gasteiger charge is -2.20. The highest BCUT2D eigenvalue weighted by Gasteiger charge is 2.20. The zero-order valence-electron chi connectivity index (χ0n) is 7.70. The van der Waals surface area contributed by atoms with Gasteiger partial charge in [0.2, 0.25) is 5.79 Å². The van der Waals surface area contributed by atoms with E-state index < -0.39 is 11.8 Å². The van der Waals surface area contributed by atoms with E-state index in [0.717, 1.165) is 0 Å². The Hall–Kier alpha value is -0.870. The fourth-order valence-electron chi connectivity index (χ4n) is 0.563. The second-order valence-corrected chi connectivity index (χ2v) is 2.97. The normalized spacial score (nSPS) is 15.4. The van der Waals surface area contributed by atoms with E-state index in [-0.39, 0.29) is 6.54 Å². The average Bonchev–Trinajstić information content (AvgIpc) is 1.84. The van der Waals surface area contributed by atoms with Crippen LogP contribution in [0.5, 0.6) is 0 Å². The van der Waals surface area contributed by atoms with E-state index in [1.54, 1.807) is 19.0 Å². The molecule has 0 radical (unpaired) electrons. The first-order valence-electron chi connectivity index (χ1n) is 3.60. The Labute approximate surface area is 72.4 Å². The molecule has 70 valence electrons. The van der Waals surface area contributed by atoms with Crippen LogP contribution in [0.25, 0.3) is 0 Å². The molecule has 1 atom stereocenters. The van der Waals surface area contributed by atoms with Crippen molar-refractivity contribution in [2.45, 2.75) is 12.7 Å². The van der Waals surface area contributed by atoms with Gasteiger partial charge in [0.1, 0.15) is 0 Å². The Balaban J connectivity index is 3.92. The third-order valence-corrected chi connectivity index (χ3v) is 1.14. The largest absolute Gasteiger partial charge is 0.429 e. The third-order valence-electron chi connectivity index (χ3n) is 1.14. The molecule has 1 N–H and O–H groups in total. The standard InChI is InChI=1S/C8H15NO3/c1-5-8(2,11)12-7(10)6-9(3)4/h5,11H,1,6H2,2-4H3. The number of ether oxygens (including phenoxy) is 1. The van der Waals surface area contributed by atoms with Crippen molar-refractivity contribution in [3.05, 3.63) is 12.7 Å². The maximum absolute atomic E-state index is 11.0. The quantitative estimate of drug-likeness (QED) is 0.369. The van der Waals surface area contributed by atoms with Crippen molar-refractivity contribution in [1.29, 1.82) is 0 Å². The number of carbonyl (C=O) groups excluding carboxylic acids is 1. The summed E-state index contributed by atoms with van der Waals surface area (Å²) in [6, 6.07) is 0. The van der Waals surface area contributed by atoms with Crippen LogP contribution in [-0.2, 0) is 9.53 Å². The molecule has 0 aliphatic rings. The molecule has 12 heavy (non-hydrogen) atoms. The maximum Gasteiger partial charge on any atom is 0.322 e. The third kappa shape index (κ3) is 4.87. The minimum atomic E-state index is -1.56. The van der Waals surface area contributed by atoms with Gasteiger partial charge in [0.15, 0.2) is 0 Å². The summed E-state index contributed by atoms with van der Waals surface area (Å²) in [6.07, 6.45) is 1.17. The Morgan fingerprint density at radius 2 is 2.25 bits per heavy atom. The lowest BCUT2D eigenvalue weighted by Crippen LogP contribution is -2.33. The first-order chi connectivity index (χ1) is 5.37. The molecule has 0 aliphatic heterocycles. The van der Waals surface area contributed by atoms with E-state index in [0.29, 0.717) is 0 Å². The van der Waals surface area contributed by atoms with Gasteiger partial charge in [-0.1, -0.05) is 6.58 Å². The van der Waals surface area contributed by atoms with Gasteiger partial charge in [0, 0.05) is 6.92 Å². The maximum atomic E-state index is 11.0. The monoisotopic (exact) mass is 173 g/mol. The van der Waals surface area contributed by atoms with Crippen LogP contribution in [0.1, 0.15) is 6.92 Å². The molecule has 0 saturated carbocycles. The molecule has 0 rings (SSSR count). The van der Waals surface area contributed by atoms with E-state index in [2.05, 4.69) is 11.3 Å². The summed E-state index contributed by atoms with van der Waals surface area (Å²) in [6.45, 7) is 4.82. The van der Waals surface area contributed by atoms with Gasteiger partial charge in [-0.15, -0.1) is 0 Å². The van der Waals surface area contributed by atoms with E-state index in [9.17, 15) is 9.90 Å². The number of esters is 1. The summed E-state index contributed by atoms with van der Waals surface area (Å²) in [5.74, 6) is -2.04. The molecule has 0 aliphatic carbocycles. The summed E-state index contributed by atoms with van der Waals surface area (Å²) in [5, 5.41) is 9.23. The van der Waals surface area contributed by atoms with Crippen LogP contribution in [0.4, 0.5) is 0 Å². The van der Waals surface area contributed by atoms with Gasteiger partial charge in [0.25, 0.3) is 0 Å². The molecule has 1 unspecified atom stereocenters. The molecule has 0 amide bonds. The van der Waals surface area contributed by atoms with Crippen LogP contribution >= 0.6 is 0 Å². The predicted molar refractivity (Wildman–Crippen MR) is 45.5 cm³/mol. The summed E-state index contributed by atoms with van der Waals surface area (Å²) < 4.78 is 4.65. The van der Waals surface area contributed by atoms with Crippen LogP contribution in [0.15, 0.2) is 12.7 Å². The van der Waals surface area contributed by atoms with Gasteiger partial charge in [-0.2, -0.15) is 0 Å². The van der Waals surface area contributed by atoms with E-state index >= 15 is 0 Å². The van der Waals surface area contributed by atoms with Crippen molar-refractivity contribution in [3.8, 4) is 0 Å². The van der Waals surface area contributed by atoms with Crippen LogP contribution in [0, 0.1) is 0 Å². The first kappa shape index (κ1) is 11.1. The molecule has 0 aromatic carbocycles. The van der Waals surface area contributed by atoms with Gasteiger partial charge >= 0.3 is 5.97 Å². The summed E-state index contributed by atoms with van der Waals surface area (Å²) in [5.41, 5.74) is 0. The molecular formula is C8H15NO3. The summed E-state index contributed by atoms with van der Waals surface area (Å²) in [4.78, 5) is 12.6. The highest BCUT2D eigenvalue weighted by molar-refractivity contribution is 5.72. The average molecular weight is 173 g/mol. The van der Waals surface area contributed by atoms with Crippen LogP contribution in [0.3, 0.4) is 0 Å². The van der Waals surface area contributed by atoms with Gasteiger partial charge in [-0.05, 0) is 20.2 Å². The number of likely N-dealkylation sites (N-methyl/N-ethyl adjacent to an activating group) is 1. The molecule has 0 spiro atoms. The van der Waals surface area contributed by atoms with E-state index in [1.165, 1.54) is 13.0 Å². The number of hydrogen-bond acceptors (Lipinski definition) is 4. The summed E-state index contributed by atoms with van der Waals surface area (Å²) >= 11 is 0. The van der Waals surface area contributed by atoms with Crippen molar-refractivity contribution in [2.24, 2.45) is 0 Å². The van der Waals surface area contributed by atoms with Crippen molar-refractivity contribution < 1.29 is 14.6 Å². The fourth-order valence-corrected chi connectivity index (χ4v) is 0.563. The van der Waals surface area contributed by atoms with Crippen molar-refractivity contribution in [1.82, 2.24) is 4.90 Å². The predicted octanol–water partition coefficient (Wildman–Crippen LogP) is -0.0143. The van der Waals surface area contributed by atoms with E-state index in [1.807, 2.05) is 0 Å². The number of hydrogen-bond donors (Lipinski definition) is 1. The molecule has 4 heteroatoms. The number of nitrogens with zero attached hydrogens (tertiary/aromatic N) is 1. The second-order valence-electron chi connectivity index (χ2n) is 2.97. The van der Waals surface area contributed by atoms with Crippen LogP contribution < -0.4 is 0 Å². The topological polar surface area (TPSA) is 49.8 Å². The number of rotatable bonds is 4. The number of aliphatic hydroxyl groups is 1. The van der Waals surface area contributed by atoms with E-state index in [4.69, 9.17) is 0 Å². The lowest BCUT2D eigenvalue weighted by atomic mass is 10.3. The molecule has 0 saturated heterocycles. The molecule has 0 bridgehead atoms. The minimum absolute atomic E-state index is 0.143. The van der Waals surface area contributed by atoms with Gasteiger partial charge < -0.3 is 9.84 Å². The Kier molecular flexibility index (Phi) is 3.92. The molecule has 4 nitrogen and oxygen atoms in total. The smallest absolute Gasteiger partial charge is 0.322 e. The molecular weight excluding hydrogens is 158 g/mol. The Morgan fingerprint density at radius 3 is 2.58 bits per heavy atom. The van der Waals surface area contributed by atoms with Crippen molar-refractivity contribution >= 4 is 5.97 Å². The molecule has 0 heterocycles. The highest BCUT2D eigenvalue weighted by Crippen LogP contribution is 2.06. The zero-order valence-corrected chi connectivity index (χ0v) is 7.70. The Bertz CT molecular complexity index is 175. The van der Waals surface area contributed by atoms with Gasteiger partial charge in [-0.3, -0.25) is 9.69 Å². The first-order valence-corrected chi connectivity index (χ1v) is 3.60. The highest BCUT2D eigenvalue weighted by atomic mass is 16.7. The van der Waals surface area contributed by atoms with Crippen molar-refractivity contribution in [3.63, 3.8) is 0 Å². The minimum Gasteiger partial charge on any atom is -0.429 e. The fraction of sp³-hybridized carbons (Fsp3) is 0.625. The summed E-state index contributed by atoms with van der Waals surface area (Å²) in [7, 11) is 3.48. The molecule has 0 aromatic heterocycles. The van der Waals surface area contributed by atoms with Gasteiger partial charge in [0.05, 0.1) is 6.54 Å². The van der Waals surface area contributed by atoms with Crippen LogP contribution in [0.2, 0.25) is 0 Å². The SMILES string of the molecule is C=CC(C)(O)OC(=O)CN(C)C. The van der Waals surface area contributed by atoms with Crippen molar-refractivity contribution in [2.75, 3.05) is 20.6 Å². The van der Waals surface area contributed by atoms with Crippen LogP contribution in [-0.4, -0.2) is 42.4 Å². The van der Waals surface area contributed by atoms with Gasteiger partial charge in [-0.25, -0.2) is 0 Å².